The summed E-state index contributed by atoms with van der Waals surface area (Å²) >= 11 is 0. The standard InChI is InChI=1S/C19H25N3O2/c1-15(2)24-18-7-3-5-16(11-18)12-19(23)21-9-4-6-17(13-21)22-10-8-20-14-22/h3,5,7-8,10-11,14-15,17H,4,6,9,12-13H2,1-2H3/t17-/m1/s1. The van der Waals surface area contributed by atoms with Gasteiger partial charge < -0.3 is 14.2 Å². The minimum Gasteiger partial charge on any atom is -0.491 e. The van der Waals surface area contributed by atoms with Gasteiger partial charge in [0, 0.05) is 25.5 Å². The third kappa shape index (κ3) is 4.16. The maximum atomic E-state index is 12.7. The molecule has 1 saturated heterocycles. The minimum atomic E-state index is 0.133. The lowest BCUT2D eigenvalue weighted by molar-refractivity contribution is -0.132. The zero-order chi connectivity index (χ0) is 16.9. The van der Waals surface area contributed by atoms with Crippen molar-refractivity contribution in [1.82, 2.24) is 14.5 Å². The number of imidazole rings is 1. The number of hydrogen-bond acceptors (Lipinski definition) is 3. The number of benzene rings is 1. The van der Waals surface area contributed by atoms with Crippen LogP contribution >= 0.6 is 0 Å². The highest BCUT2D eigenvalue weighted by molar-refractivity contribution is 5.79. The molecule has 5 nitrogen and oxygen atoms in total. The third-order valence-corrected chi connectivity index (χ3v) is 4.32. The van der Waals surface area contributed by atoms with Crippen LogP contribution in [0, 0.1) is 0 Å². The summed E-state index contributed by atoms with van der Waals surface area (Å²) in [6.45, 7) is 5.60. The molecule has 1 aromatic carbocycles. The van der Waals surface area contributed by atoms with Crippen molar-refractivity contribution in [3.8, 4) is 5.75 Å². The molecule has 5 heteroatoms. The monoisotopic (exact) mass is 327 g/mol. The fourth-order valence-electron chi connectivity index (χ4n) is 3.20. The van der Waals surface area contributed by atoms with Crippen LogP contribution in [0.4, 0.5) is 0 Å². The molecule has 1 atom stereocenters. The van der Waals surface area contributed by atoms with Crippen LogP contribution in [0.1, 0.15) is 38.3 Å². The van der Waals surface area contributed by atoms with Gasteiger partial charge in [0.25, 0.3) is 0 Å². The molecule has 2 heterocycles. The number of likely N-dealkylation sites (tertiary alicyclic amines) is 1. The summed E-state index contributed by atoms with van der Waals surface area (Å²) in [6, 6.07) is 8.17. The predicted molar refractivity (Wildman–Crippen MR) is 93.0 cm³/mol. The van der Waals surface area contributed by atoms with Crippen molar-refractivity contribution >= 4 is 5.91 Å². The Balaban J connectivity index is 1.62. The van der Waals surface area contributed by atoms with E-state index in [1.165, 1.54) is 0 Å². The highest BCUT2D eigenvalue weighted by atomic mass is 16.5. The van der Waals surface area contributed by atoms with Crippen LogP contribution in [-0.2, 0) is 11.2 Å². The van der Waals surface area contributed by atoms with Crippen LogP contribution < -0.4 is 4.74 Å². The molecule has 1 amide bonds. The second-order valence-electron chi connectivity index (χ2n) is 6.64. The number of nitrogens with zero attached hydrogens (tertiary/aromatic N) is 3. The smallest absolute Gasteiger partial charge is 0.227 e. The fraction of sp³-hybridized carbons (Fsp3) is 0.474. The summed E-state index contributed by atoms with van der Waals surface area (Å²) in [5.74, 6) is 1.01. The average molecular weight is 327 g/mol. The SMILES string of the molecule is CC(C)Oc1cccc(CC(=O)N2CCC[C@@H](n3ccnc3)C2)c1. The molecule has 0 aliphatic carbocycles. The van der Waals surface area contributed by atoms with Crippen molar-refractivity contribution in [3.63, 3.8) is 0 Å². The van der Waals surface area contributed by atoms with Crippen molar-refractivity contribution < 1.29 is 9.53 Å². The molecule has 3 rings (SSSR count). The number of rotatable bonds is 5. The lowest BCUT2D eigenvalue weighted by atomic mass is 10.0. The van der Waals surface area contributed by atoms with Crippen LogP contribution in [0.2, 0.25) is 0 Å². The Bertz CT molecular complexity index is 667. The molecule has 2 aromatic rings. The van der Waals surface area contributed by atoms with Crippen molar-refractivity contribution in [3.05, 3.63) is 48.5 Å². The number of carbonyl (C=O) groups is 1. The summed E-state index contributed by atoms with van der Waals surface area (Å²) in [7, 11) is 0. The Morgan fingerprint density at radius 2 is 2.29 bits per heavy atom. The molecule has 0 radical (unpaired) electrons. The van der Waals surface area contributed by atoms with Gasteiger partial charge in [-0.15, -0.1) is 0 Å². The van der Waals surface area contributed by atoms with E-state index in [0.717, 1.165) is 37.2 Å². The van der Waals surface area contributed by atoms with Gasteiger partial charge in [0.1, 0.15) is 5.75 Å². The van der Waals surface area contributed by atoms with Crippen LogP contribution in [0.15, 0.2) is 43.0 Å². The van der Waals surface area contributed by atoms with E-state index in [-0.39, 0.29) is 12.0 Å². The number of hydrogen-bond donors (Lipinski definition) is 0. The average Bonchev–Trinajstić information content (AvgIpc) is 3.09. The summed E-state index contributed by atoms with van der Waals surface area (Å²) in [5, 5.41) is 0. The number of carbonyl (C=O) groups excluding carboxylic acids is 1. The summed E-state index contributed by atoms with van der Waals surface area (Å²) < 4.78 is 7.82. The Morgan fingerprint density at radius 1 is 1.42 bits per heavy atom. The third-order valence-electron chi connectivity index (χ3n) is 4.32. The second-order valence-corrected chi connectivity index (χ2v) is 6.64. The van der Waals surface area contributed by atoms with Gasteiger partial charge in [-0.1, -0.05) is 12.1 Å². The van der Waals surface area contributed by atoms with Gasteiger partial charge in [-0.3, -0.25) is 4.79 Å². The lowest BCUT2D eigenvalue weighted by Gasteiger charge is -2.33. The molecule has 0 saturated carbocycles. The molecular formula is C19H25N3O2. The molecule has 1 aromatic heterocycles. The van der Waals surface area contributed by atoms with E-state index in [1.54, 1.807) is 6.20 Å². The van der Waals surface area contributed by atoms with Crippen molar-refractivity contribution in [2.75, 3.05) is 13.1 Å². The van der Waals surface area contributed by atoms with Gasteiger partial charge in [-0.2, -0.15) is 0 Å². The van der Waals surface area contributed by atoms with Gasteiger partial charge in [-0.25, -0.2) is 4.98 Å². The number of amides is 1. The van der Waals surface area contributed by atoms with E-state index < -0.39 is 0 Å². The Hall–Kier alpha value is -2.30. The summed E-state index contributed by atoms with van der Waals surface area (Å²) in [6.07, 6.45) is 8.29. The maximum Gasteiger partial charge on any atom is 0.227 e. The summed E-state index contributed by atoms with van der Waals surface area (Å²) in [4.78, 5) is 18.8. The first-order chi connectivity index (χ1) is 11.6. The number of aromatic nitrogens is 2. The van der Waals surface area contributed by atoms with E-state index in [2.05, 4.69) is 9.55 Å². The highest BCUT2D eigenvalue weighted by Gasteiger charge is 2.24. The van der Waals surface area contributed by atoms with E-state index in [0.29, 0.717) is 12.5 Å². The molecule has 1 aliphatic rings. The van der Waals surface area contributed by atoms with Crippen molar-refractivity contribution in [2.45, 2.75) is 45.3 Å². The Kier molecular flexibility index (Phi) is 5.18. The first-order valence-corrected chi connectivity index (χ1v) is 8.62. The molecule has 0 spiro atoms. The van der Waals surface area contributed by atoms with Gasteiger partial charge in [0.2, 0.25) is 5.91 Å². The zero-order valence-corrected chi connectivity index (χ0v) is 14.4. The first kappa shape index (κ1) is 16.6. The molecule has 128 valence electrons. The molecule has 1 fully saturated rings. The van der Waals surface area contributed by atoms with E-state index in [9.17, 15) is 4.79 Å². The van der Waals surface area contributed by atoms with Crippen molar-refractivity contribution in [1.29, 1.82) is 0 Å². The van der Waals surface area contributed by atoms with E-state index in [4.69, 9.17) is 4.74 Å². The lowest BCUT2D eigenvalue weighted by Crippen LogP contribution is -2.41. The number of piperidine rings is 1. The first-order valence-electron chi connectivity index (χ1n) is 8.62. The van der Waals surface area contributed by atoms with Gasteiger partial charge in [-0.05, 0) is 44.4 Å². The maximum absolute atomic E-state index is 12.7. The minimum absolute atomic E-state index is 0.133. The van der Waals surface area contributed by atoms with Crippen LogP contribution in [0.3, 0.4) is 0 Å². The predicted octanol–water partition coefficient (Wildman–Crippen LogP) is 3.08. The van der Waals surface area contributed by atoms with E-state index >= 15 is 0 Å². The quantitative estimate of drug-likeness (QED) is 0.848. The summed E-state index contributed by atoms with van der Waals surface area (Å²) in [5.41, 5.74) is 1.00. The Morgan fingerprint density at radius 3 is 3.04 bits per heavy atom. The van der Waals surface area contributed by atoms with Crippen LogP contribution in [0.5, 0.6) is 5.75 Å². The van der Waals surface area contributed by atoms with Crippen LogP contribution in [-0.4, -0.2) is 39.6 Å². The molecular weight excluding hydrogens is 302 g/mol. The van der Waals surface area contributed by atoms with Gasteiger partial charge in [0.05, 0.1) is 24.9 Å². The Labute approximate surface area is 143 Å². The molecule has 0 unspecified atom stereocenters. The topological polar surface area (TPSA) is 47.4 Å². The second kappa shape index (κ2) is 7.51. The van der Waals surface area contributed by atoms with Crippen LogP contribution in [0.25, 0.3) is 0 Å². The highest BCUT2D eigenvalue weighted by Crippen LogP contribution is 2.22. The van der Waals surface area contributed by atoms with Gasteiger partial charge in [0.15, 0.2) is 0 Å². The molecule has 0 bridgehead atoms. The largest absolute Gasteiger partial charge is 0.491 e. The molecule has 24 heavy (non-hydrogen) atoms. The fourth-order valence-corrected chi connectivity index (χ4v) is 3.20. The normalized spacial score (nSPS) is 18.0. The van der Waals surface area contributed by atoms with Crippen molar-refractivity contribution in [2.24, 2.45) is 0 Å². The molecule has 1 aliphatic heterocycles. The molecule has 0 N–H and O–H groups in total. The zero-order valence-electron chi connectivity index (χ0n) is 14.4. The van der Waals surface area contributed by atoms with E-state index in [1.807, 2.05) is 55.5 Å². The van der Waals surface area contributed by atoms with Gasteiger partial charge >= 0.3 is 0 Å². The number of ether oxygens (including phenoxy) is 1.